The molecule has 106 valence electrons. The van der Waals surface area contributed by atoms with Crippen LogP contribution in [-0.2, 0) is 11.3 Å². The Hall–Kier alpha value is -1.39. The molecule has 0 saturated carbocycles. The zero-order valence-electron chi connectivity index (χ0n) is 11.8. The molecule has 4 heteroatoms. The van der Waals surface area contributed by atoms with Gasteiger partial charge >= 0.3 is 0 Å². The van der Waals surface area contributed by atoms with Crippen LogP contribution in [0.5, 0.6) is 0 Å². The van der Waals surface area contributed by atoms with Crippen LogP contribution in [0, 0.1) is 0 Å². The number of fused-ring (bicyclic) bond motifs is 1. The molecule has 0 spiro atoms. The molecule has 2 heterocycles. The molecule has 1 aliphatic heterocycles. The van der Waals surface area contributed by atoms with Gasteiger partial charge in [0.1, 0.15) is 0 Å². The third-order valence-electron chi connectivity index (χ3n) is 3.95. The van der Waals surface area contributed by atoms with Gasteiger partial charge in [-0.1, -0.05) is 24.6 Å². The second-order valence-electron chi connectivity index (χ2n) is 5.45. The van der Waals surface area contributed by atoms with Crippen LogP contribution in [0.25, 0.3) is 10.1 Å². The van der Waals surface area contributed by atoms with Crippen molar-refractivity contribution in [3.05, 3.63) is 35.2 Å². The Labute approximate surface area is 123 Å². The van der Waals surface area contributed by atoms with Gasteiger partial charge in [-0.05, 0) is 41.8 Å². The van der Waals surface area contributed by atoms with E-state index in [2.05, 4.69) is 35.0 Å². The van der Waals surface area contributed by atoms with Gasteiger partial charge in [0.25, 0.3) is 0 Å². The Bertz CT molecular complexity index is 601. The van der Waals surface area contributed by atoms with E-state index in [-0.39, 0.29) is 11.9 Å². The lowest BCUT2D eigenvalue weighted by atomic mass is 10.0. The van der Waals surface area contributed by atoms with E-state index < -0.39 is 0 Å². The summed E-state index contributed by atoms with van der Waals surface area (Å²) in [6.07, 6.45) is 3.30. The first-order valence-corrected chi connectivity index (χ1v) is 8.07. The molecule has 2 aromatic rings. The number of rotatable bonds is 3. The topological polar surface area (TPSA) is 32.3 Å². The number of carbonyl (C=O) groups excluding carboxylic acids is 1. The van der Waals surface area contributed by atoms with Crippen molar-refractivity contribution >= 4 is 27.3 Å². The van der Waals surface area contributed by atoms with Gasteiger partial charge in [0.15, 0.2) is 0 Å². The van der Waals surface area contributed by atoms with Crippen LogP contribution < -0.4 is 5.32 Å². The fraction of sp³-hybridized carbons (Fsp3) is 0.438. The molecule has 20 heavy (non-hydrogen) atoms. The first-order valence-electron chi connectivity index (χ1n) is 7.19. The predicted octanol–water partition coefficient (Wildman–Crippen LogP) is 3.00. The molecular weight excluding hydrogens is 268 g/mol. The van der Waals surface area contributed by atoms with Crippen molar-refractivity contribution in [2.75, 3.05) is 13.6 Å². The van der Waals surface area contributed by atoms with E-state index in [4.69, 9.17) is 0 Å². The summed E-state index contributed by atoms with van der Waals surface area (Å²) in [5.74, 6) is 0.222. The highest BCUT2D eigenvalue weighted by atomic mass is 32.1. The van der Waals surface area contributed by atoms with E-state index in [0.29, 0.717) is 6.54 Å². The molecule has 3 rings (SSSR count). The number of nitrogens with one attached hydrogen (secondary N) is 1. The number of hydrogen-bond acceptors (Lipinski definition) is 3. The Morgan fingerprint density at radius 2 is 2.25 bits per heavy atom. The molecule has 1 unspecified atom stereocenters. The standard InChI is InChI=1S/C16H20N2OS/c1-18(16(19)14-7-4-5-9-17-14)10-12-11-20-15-8-3-2-6-13(12)15/h2-3,6,8,11,14,17H,4-5,7,9-10H2,1H3. The van der Waals surface area contributed by atoms with Crippen LogP contribution in [0.2, 0.25) is 0 Å². The van der Waals surface area contributed by atoms with Crippen LogP contribution in [0.3, 0.4) is 0 Å². The highest BCUT2D eigenvalue weighted by Crippen LogP contribution is 2.26. The second kappa shape index (κ2) is 5.94. The fourth-order valence-corrected chi connectivity index (χ4v) is 3.77. The number of amides is 1. The van der Waals surface area contributed by atoms with E-state index in [1.54, 1.807) is 11.3 Å². The Kier molecular flexibility index (Phi) is 4.03. The van der Waals surface area contributed by atoms with Crippen molar-refractivity contribution in [3.8, 4) is 0 Å². The van der Waals surface area contributed by atoms with Gasteiger partial charge in [-0.15, -0.1) is 11.3 Å². The van der Waals surface area contributed by atoms with E-state index >= 15 is 0 Å². The lowest BCUT2D eigenvalue weighted by Gasteiger charge is -2.27. The van der Waals surface area contributed by atoms with E-state index in [1.807, 2.05) is 11.9 Å². The van der Waals surface area contributed by atoms with Crippen molar-refractivity contribution in [2.45, 2.75) is 31.8 Å². The first kappa shape index (κ1) is 13.6. The van der Waals surface area contributed by atoms with E-state index in [9.17, 15) is 4.79 Å². The normalized spacial score (nSPS) is 19.1. The van der Waals surface area contributed by atoms with Gasteiger partial charge in [0.05, 0.1) is 6.04 Å². The summed E-state index contributed by atoms with van der Waals surface area (Å²) in [6, 6.07) is 8.40. The van der Waals surface area contributed by atoms with E-state index in [1.165, 1.54) is 22.1 Å². The first-order chi connectivity index (χ1) is 9.75. The highest BCUT2D eigenvalue weighted by Gasteiger charge is 2.23. The number of nitrogens with zero attached hydrogens (tertiary/aromatic N) is 1. The van der Waals surface area contributed by atoms with Crippen LogP contribution in [0.1, 0.15) is 24.8 Å². The van der Waals surface area contributed by atoms with Crippen molar-refractivity contribution in [2.24, 2.45) is 0 Å². The molecule has 1 aromatic carbocycles. The summed E-state index contributed by atoms with van der Waals surface area (Å²) in [5.41, 5.74) is 1.25. The third kappa shape index (κ3) is 2.72. The number of piperidine rings is 1. The minimum absolute atomic E-state index is 0.0126. The quantitative estimate of drug-likeness (QED) is 0.941. The van der Waals surface area contributed by atoms with Gasteiger partial charge in [-0.25, -0.2) is 0 Å². The number of carbonyl (C=O) groups is 1. The molecule has 1 amide bonds. The number of hydrogen-bond donors (Lipinski definition) is 1. The summed E-state index contributed by atoms with van der Waals surface area (Å²) in [6.45, 7) is 1.66. The molecule has 1 fully saturated rings. The van der Waals surface area contributed by atoms with Crippen LogP contribution in [0.4, 0.5) is 0 Å². The Morgan fingerprint density at radius 1 is 1.40 bits per heavy atom. The maximum absolute atomic E-state index is 12.4. The zero-order chi connectivity index (χ0) is 13.9. The summed E-state index contributed by atoms with van der Waals surface area (Å²) in [4.78, 5) is 14.3. The van der Waals surface area contributed by atoms with Crippen molar-refractivity contribution < 1.29 is 4.79 Å². The minimum atomic E-state index is 0.0126. The summed E-state index contributed by atoms with van der Waals surface area (Å²) >= 11 is 1.75. The number of benzene rings is 1. The number of thiophene rings is 1. The third-order valence-corrected chi connectivity index (χ3v) is 4.97. The molecule has 1 aromatic heterocycles. The molecular formula is C16H20N2OS. The monoisotopic (exact) mass is 288 g/mol. The molecule has 1 N–H and O–H groups in total. The molecule has 1 saturated heterocycles. The maximum atomic E-state index is 12.4. The van der Waals surface area contributed by atoms with Gasteiger partial charge in [0, 0.05) is 18.3 Å². The Balaban J connectivity index is 1.71. The number of likely N-dealkylation sites (N-methyl/N-ethyl adjacent to an activating group) is 1. The van der Waals surface area contributed by atoms with Gasteiger partial charge in [-0.2, -0.15) is 0 Å². The van der Waals surface area contributed by atoms with Gasteiger partial charge < -0.3 is 10.2 Å². The van der Waals surface area contributed by atoms with Gasteiger partial charge in [0.2, 0.25) is 5.91 Å². The second-order valence-corrected chi connectivity index (χ2v) is 6.37. The van der Waals surface area contributed by atoms with Gasteiger partial charge in [-0.3, -0.25) is 4.79 Å². The lowest BCUT2D eigenvalue weighted by Crippen LogP contribution is -2.46. The average molecular weight is 288 g/mol. The molecule has 0 aliphatic carbocycles. The van der Waals surface area contributed by atoms with Crippen LogP contribution in [-0.4, -0.2) is 30.4 Å². The SMILES string of the molecule is CN(Cc1csc2ccccc12)C(=O)C1CCCCN1. The largest absolute Gasteiger partial charge is 0.340 e. The molecule has 1 atom stereocenters. The summed E-state index contributed by atoms with van der Waals surface area (Å²) < 4.78 is 1.29. The van der Waals surface area contributed by atoms with Crippen LogP contribution >= 0.6 is 11.3 Å². The molecule has 3 nitrogen and oxygen atoms in total. The fourth-order valence-electron chi connectivity index (χ4n) is 2.82. The zero-order valence-corrected chi connectivity index (χ0v) is 12.6. The summed E-state index contributed by atoms with van der Waals surface area (Å²) in [5, 5.41) is 6.77. The molecule has 0 radical (unpaired) electrons. The van der Waals surface area contributed by atoms with Crippen molar-refractivity contribution in [3.63, 3.8) is 0 Å². The molecule has 0 bridgehead atoms. The molecule has 1 aliphatic rings. The average Bonchev–Trinajstić information content (AvgIpc) is 2.91. The van der Waals surface area contributed by atoms with Crippen molar-refractivity contribution in [1.29, 1.82) is 0 Å². The van der Waals surface area contributed by atoms with Crippen molar-refractivity contribution in [1.82, 2.24) is 10.2 Å². The smallest absolute Gasteiger partial charge is 0.239 e. The minimum Gasteiger partial charge on any atom is -0.340 e. The van der Waals surface area contributed by atoms with Crippen LogP contribution in [0.15, 0.2) is 29.6 Å². The predicted molar refractivity (Wildman–Crippen MR) is 83.9 cm³/mol. The highest BCUT2D eigenvalue weighted by molar-refractivity contribution is 7.17. The summed E-state index contributed by atoms with van der Waals surface area (Å²) in [7, 11) is 1.91. The maximum Gasteiger partial charge on any atom is 0.239 e. The van der Waals surface area contributed by atoms with E-state index in [0.717, 1.165) is 19.4 Å². The Morgan fingerprint density at radius 3 is 3.05 bits per heavy atom. The lowest BCUT2D eigenvalue weighted by molar-refractivity contribution is -0.133.